The van der Waals surface area contributed by atoms with Crippen LogP contribution in [0.5, 0.6) is 0 Å². The fourth-order valence-electron chi connectivity index (χ4n) is 2.29. The normalized spacial score (nSPS) is 31.6. The molecule has 0 aliphatic heterocycles. The Morgan fingerprint density at radius 2 is 2.08 bits per heavy atom. The third kappa shape index (κ3) is 3.65. The first-order valence-electron chi connectivity index (χ1n) is 5.65. The van der Waals surface area contributed by atoms with Crippen molar-refractivity contribution in [2.24, 2.45) is 5.92 Å². The van der Waals surface area contributed by atoms with Crippen molar-refractivity contribution in [2.75, 3.05) is 6.54 Å². The van der Waals surface area contributed by atoms with E-state index in [0.29, 0.717) is 6.04 Å². The molecule has 0 amide bonds. The van der Waals surface area contributed by atoms with Gasteiger partial charge in [-0.2, -0.15) is 0 Å². The molecular weight excluding hydrogens is 162 g/mol. The molecule has 78 valence electrons. The van der Waals surface area contributed by atoms with Crippen molar-refractivity contribution in [3.8, 4) is 0 Å². The third-order valence-corrected chi connectivity index (χ3v) is 3.11. The van der Waals surface area contributed by atoms with Crippen LogP contribution in [0.15, 0.2) is 0 Å². The average Bonchev–Trinajstić information content (AvgIpc) is 2.15. The van der Waals surface area contributed by atoms with Crippen LogP contribution < -0.4 is 5.32 Å². The lowest BCUT2D eigenvalue weighted by Crippen LogP contribution is -2.41. The Balaban J connectivity index is 2.27. The van der Waals surface area contributed by atoms with Gasteiger partial charge in [0, 0.05) is 12.6 Å². The van der Waals surface area contributed by atoms with Gasteiger partial charge in [0.1, 0.15) is 0 Å². The summed E-state index contributed by atoms with van der Waals surface area (Å²) in [6.07, 6.45) is 6.48. The van der Waals surface area contributed by atoms with Crippen LogP contribution in [-0.4, -0.2) is 23.8 Å². The molecule has 0 spiro atoms. The van der Waals surface area contributed by atoms with Crippen LogP contribution in [0.25, 0.3) is 0 Å². The second kappa shape index (κ2) is 5.61. The highest BCUT2D eigenvalue weighted by molar-refractivity contribution is 4.80. The van der Waals surface area contributed by atoms with Gasteiger partial charge in [-0.3, -0.25) is 0 Å². The maximum Gasteiger partial charge on any atom is 0.0636 e. The van der Waals surface area contributed by atoms with Crippen LogP contribution in [0, 0.1) is 5.92 Å². The number of nitrogens with one attached hydrogen (secondary N) is 1. The predicted molar refractivity (Wildman–Crippen MR) is 55.7 cm³/mol. The van der Waals surface area contributed by atoms with Crippen LogP contribution in [0.3, 0.4) is 0 Å². The molecule has 0 bridgehead atoms. The second-order valence-electron chi connectivity index (χ2n) is 4.32. The highest BCUT2D eigenvalue weighted by Gasteiger charge is 2.22. The highest BCUT2D eigenvalue weighted by Crippen LogP contribution is 2.26. The lowest BCUT2D eigenvalue weighted by molar-refractivity contribution is 0.167. The van der Waals surface area contributed by atoms with Crippen molar-refractivity contribution < 1.29 is 5.11 Å². The molecule has 1 aliphatic rings. The first kappa shape index (κ1) is 11.0. The molecule has 2 nitrogen and oxygen atoms in total. The van der Waals surface area contributed by atoms with Gasteiger partial charge in [-0.25, -0.2) is 0 Å². The van der Waals surface area contributed by atoms with Gasteiger partial charge < -0.3 is 10.4 Å². The van der Waals surface area contributed by atoms with Crippen molar-refractivity contribution in [2.45, 2.75) is 58.1 Å². The molecule has 2 heteroatoms. The van der Waals surface area contributed by atoms with Gasteiger partial charge in [-0.15, -0.1) is 0 Å². The number of aliphatic hydroxyl groups is 1. The molecule has 0 aromatic rings. The Morgan fingerprint density at radius 3 is 2.69 bits per heavy atom. The first-order chi connectivity index (χ1) is 6.24. The Hall–Kier alpha value is -0.0800. The summed E-state index contributed by atoms with van der Waals surface area (Å²) in [5, 5.41) is 12.7. The van der Waals surface area contributed by atoms with Gasteiger partial charge in [0.25, 0.3) is 0 Å². The van der Waals surface area contributed by atoms with Crippen LogP contribution in [0.1, 0.15) is 46.0 Å². The van der Waals surface area contributed by atoms with E-state index in [1.165, 1.54) is 32.1 Å². The van der Waals surface area contributed by atoms with E-state index in [1.807, 2.05) is 6.92 Å². The zero-order valence-electron chi connectivity index (χ0n) is 8.92. The fourth-order valence-corrected chi connectivity index (χ4v) is 2.29. The van der Waals surface area contributed by atoms with Crippen molar-refractivity contribution in [3.05, 3.63) is 0 Å². The van der Waals surface area contributed by atoms with Crippen LogP contribution in [0.4, 0.5) is 0 Å². The van der Waals surface area contributed by atoms with Gasteiger partial charge in [0.15, 0.2) is 0 Å². The van der Waals surface area contributed by atoms with E-state index in [0.717, 1.165) is 12.5 Å². The molecule has 1 saturated carbocycles. The van der Waals surface area contributed by atoms with Gasteiger partial charge in [0.2, 0.25) is 0 Å². The van der Waals surface area contributed by atoms with Crippen LogP contribution >= 0.6 is 0 Å². The molecule has 2 N–H and O–H groups in total. The van der Waals surface area contributed by atoms with Gasteiger partial charge in [0.05, 0.1) is 6.10 Å². The van der Waals surface area contributed by atoms with E-state index >= 15 is 0 Å². The second-order valence-corrected chi connectivity index (χ2v) is 4.32. The molecule has 13 heavy (non-hydrogen) atoms. The minimum Gasteiger partial charge on any atom is -0.392 e. The number of hydrogen-bond acceptors (Lipinski definition) is 2. The molecule has 0 saturated heterocycles. The largest absolute Gasteiger partial charge is 0.392 e. The van der Waals surface area contributed by atoms with Gasteiger partial charge in [-0.05, 0) is 25.7 Å². The standard InChI is InChI=1S/C11H23NO/c1-3-10-6-4-5-7-11(10)12-8-9(2)13/h9-13H,3-8H2,1-2H3/t9-,10-,11+/m1/s1. The number of aliphatic hydroxyl groups excluding tert-OH is 1. The lowest BCUT2D eigenvalue weighted by atomic mass is 9.83. The van der Waals surface area contributed by atoms with Crippen molar-refractivity contribution in [1.29, 1.82) is 0 Å². The van der Waals surface area contributed by atoms with E-state index in [4.69, 9.17) is 0 Å². The molecule has 1 rings (SSSR count). The van der Waals surface area contributed by atoms with E-state index in [9.17, 15) is 5.11 Å². The van der Waals surface area contributed by atoms with Crippen LogP contribution in [-0.2, 0) is 0 Å². The minimum atomic E-state index is -0.209. The first-order valence-corrected chi connectivity index (χ1v) is 5.65. The molecule has 0 aromatic carbocycles. The summed E-state index contributed by atoms with van der Waals surface area (Å²) >= 11 is 0. The van der Waals surface area contributed by atoms with E-state index in [1.54, 1.807) is 0 Å². The minimum absolute atomic E-state index is 0.209. The number of hydrogen-bond donors (Lipinski definition) is 2. The summed E-state index contributed by atoms with van der Waals surface area (Å²) in [6, 6.07) is 0.661. The Labute approximate surface area is 81.7 Å². The van der Waals surface area contributed by atoms with E-state index in [-0.39, 0.29) is 6.10 Å². The molecular formula is C11H23NO. The third-order valence-electron chi connectivity index (χ3n) is 3.11. The summed E-state index contributed by atoms with van der Waals surface area (Å²) in [5.74, 6) is 0.840. The Morgan fingerprint density at radius 1 is 1.38 bits per heavy atom. The predicted octanol–water partition coefficient (Wildman–Crippen LogP) is 1.93. The molecule has 1 aliphatic carbocycles. The molecule has 3 atom stereocenters. The quantitative estimate of drug-likeness (QED) is 0.701. The smallest absolute Gasteiger partial charge is 0.0636 e. The monoisotopic (exact) mass is 185 g/mol. The zero-order chi connectivity index (χ0) is 9.68. The maximum absolute atomic E-state index is 9.18. The number of rotatable bonds is 4. The van der Waals surface area contributed by atoms with Gasteiger partial charge >= 0.3 is 0 Å². The molecule has 0 radical (unpaired) electrons. The average molecular weight is 185 g/mol. The van der Waals surface area contributed by atoms with E-state index < -0.39 is 0 Å². The maximum atomic E-state index is 9.18. The SMILES string of the molecule is CC[C@@H]1CCCC[C@@H]1NC[C@@H](C)O. The molecule has 0 unspecified atom stereocenters. The van der Waals surface area contributed by atoms with Crippen molar-refractivity contribution in [1.82, 2.24) is 5.32 Å². The summed E-state index contributed by atoms with van der Waals surface area (Å²) in [5.41, 5.74) is 0. The zero-order valence-corrected chi connectivity index (χ0v) is 8.92. The lowest BCUT2D eigenvalue weighted by Gasteiger charge is -2.32. The highest BCUT2D eigenvalue weighted by atomic mass is 16.3. The Bertz CT molecular complexity index is 136. The van der Waals surface area contributed by atoms with Gasteiger partial charge in [-0.1, -0.05) is 26.2 Å². The van der Waals surface area contributed by atoms with Crippen LogP contribution in [0.2, 0.25) is 0 Å². The topological polar surface area (TPSA) is 32.3 Å². The summed E-state index contributed by atoms with van der Waals surface area (Å²) in [6.45, 7) is 4.87. The molecule has 0 heterocycles. The van der Waals surface area contributed by atoms with Crippen molar-refractivity contribution >= 4 is 0 Å². The summed E-state index contributed by atoms with van der Waals surface area (Å²) < 4.78 is 0. The Kier molecular flexibility index (Phi) is 4.74. The molecule has 0 aromatic heterocycles. The summed E-state index contributed by atoms with van der Waals surface area (Å²) in [7, 11) is 0. The van der Waals surface area contributed by atoms with E-state index in [2.05, 4.69) is 12.2 Å². The summed E-state index contributed by atoms with van der Waals surface area (Å²) in [4.78, 5) is 0. The fraction of sp³-hybridized carbons (Fsp3) is 1.00. The molecule has 1 fully saturated rings. The van der Waals surface area contributed by atoms with Crippen molar-refractivity contribution in [3.63, 3.8) is 0 Å².